The van der Waals surface area contributed by atoms with Crippen LogP contribution in [0.3, 0.4) is 0 Å². The lowest BCUT2D eigenvalue weighted by molar-refractivity contribution is -0.136. The highest BCUT2D eigenvalue weighted by atomic mass is 79.9. The summed E-state index contributed by atoms with van der Waals surface area (Å²) in [4.78, 5) is 36.8. The normalized spacial score (nSPS) is 10.4. The van der Waals surface area contributed by atoms with Crippen molar-refractivity contribution in [2.75, 3.05) is 10.6 Å². The monoisotopic (exact) mass is 464 g/mol. The molecule has 0 radical (unpaired) electrons. The molecule has 3 rings (SSSR count). The number of hydrogen-bond donors (Lipinski definition) is 3. The first-order valence-corrected chi connectivity index (χ1v) is 9.68. The maximum Gasteiger partial charge on any atom is 0.329 e. The van der Waals surface area contributed by atoms with Gasteiger partial charge in [-0.3, -0.25) is 14.4 Å². The van der Waals surface area contributed by atoms with Gasteiger partial charge in [-0.15, -0.1) is 0 Å². The number of halogens is 1. The molecule has 3 N–H and O–H groups in total. The average Bonchev–Trinajstić information content (AvgIpc) is 2.76. The molecule has 0 heterocycles. The minimum Gasteiger partial charge on any atom is -0.322 e. The maximum absolute atomic E-state index is 12.6. The highest BCUT2D eigenvalue weighted by Crippen LogP contribution is 2.17. The molecule has 0 saturated carbocycles. The third kappa shape index (κ3) is 5.62. The maximum atomic E-state index is 12.6. The zero-order valence-electron chi connectivity index (χ0n) is 15.6. The predicted molar refractivity (Wildman–Crippen MR) is 119 cm³/mol. The summed E-state index contributed by atoms with van der Waals surface area (Å²) in [5, 5.41) is 8.97. The van der Waals surface area contributed by atoms with E-state index in [1.165, 1.54) is 12.3 Å². The van der Waals surface area contributed by atoms with Gasteiger partial charge in [0.15, 0.2) is 0 Å². The van der Waals surface area contributed by atoms with Crippen LogP contribution in [0.25, 0.3) is 0 Å². The number of nitrogens with one attached hydrogen (secondary N) is 3. The largest absolute Gasteiger partial charge is 0.329 e. The molecule has 3 aromatic carbocycles. The Bertz CT molecular complexity index is 1100. The van der Waals surface area contributed by atoms with E-state index in [0.717, 1.165) is 10.0 Å². The van der Waals surface area contributed by atoms with Gasteiger partial charge >= 0.3 is 11.8 Å². The molecule has 3 aromatic rings. The number of nitrogens with zero attached hydrogens (tertiary/aromatic N) is 1. The summed E-state index contributed by atoms with van der Waals surface area (Å²) in [6.45, 7) is 0. The molecule has 0 unspecified atom stereocenters. The molecule has 0 atom stereocenters. The van der Waals surface area contributed by atoms with Crippen LogP contribution in [0.4, 0.5) is 11.4 Å². The molecule has 0 aliphatic heterocycles. The zero-order chi connectivity index (χ0) is 21.3. The second kappa shape index (κ2) is 10.1. The van der Waals surface area contributed by atoms with Crippen molar-refractivity contribution < 1.29 is 14.4 Å². The van der Waals surface area contributed by atoms with Crippen LogP contribution in [0, 0.1) is 0 Å². The molecule has 0 aliphatic carbocycles. The minimum absolute atomic E-state index is 0.209. The van der Waals surface area contributed by atoms with Crippen LogP contribution >= 0.6 is 15.9 Å². The number of hydrogen-bond acceptors (Lipinski definition) is 4. The lowest BCUT2D eigenvalue weighted by atomic mass is 10.1. The van der Waals surface area contributed by atoms with E-state index in [-0.39, 0.29) is 11.3 Å². The van der Waals surface area contributed by atoms with Crippen molar-refractivity contribution in [2.45, 2.75) is 0 Å². The topological polar surface area (TPSA) is 99.7 Å². The lowest BCUT2D eigenvalue weighted by Gasteiger charge is -2.11. The number of hydrazone groups is 1. The Labute approximate surface area is 181 Å². The van der Waals surface area contributed by atoms with Crippen molar-refractivity contribution in [1.29, 1.82) is 0 Å². The van der Waals surface area contributed by atoms with Crippen LogP contribution in [0.5, 0.6) is 0 Å². The highest BCUT2D eigenvalue weighted by molar-refractivity contribution is 9.10. The van der Waals surface area contributed by atoms with Crippen molar-refractivity contribution >= 4 is 51.2 Å². The smallest absolute Gasteiger partial charge is 0.322 e. The Morgan fingerprint density at radius 2 is 1.43 bits per heavy atom. The molecule has 0 aromatic heterocycles. The minimum atomic E-state index is -0.962. The summed E-state index contributed by atoms with van der Waals surface area (Å²) >= 11 is 3.36. The van der Waals surface area contributed by atoms with E-state index in [2.05, 4.69) is 37.1 Å². The van der Waals surface area contributed by atoms with Gasteiger partial charge in [-0.2, -0.15) is 5.10 Å². The van der Waals surface area contributed by atoms with Crippen LogP contribution in [-0.2, 0) is 9.59 Å². The van der Waals surface area contributed by atoms with Crippen molar-refractivity contribution in [1.82, 2.24) is 5.43 Å². The van der Waals surface area contributed by atoms with E-state index in [4.69, 9.17) is 0 Å². The van der Waals surface area contributed by atoms with E-state index in [1.807, 2.05) is 24.3 Å². The molecule has 3 amide bonds. The second-order valence-corrected chi connectivity index (χ2v) is 6.89. The fraction of sp³-hybridized carbons (Fsp3) is 0. The number of amides is 3. The molecule has 0 fully saturated rings. The van der Waals surface area contributed by atoms with Gasteiger partial charge < -0.3 is 10.6 Å². The van der Waals surface area contributed by atoms with Crippen molar-refractivity contribution in [2.24, 2.45) is 5.10 Å². The summed E-state index contributed by atoms with van der Waals surface area (Å²) in [6.07, 6.45) is 1.41. The molecule has 0 aliphatic rings. The fourth-order valence-electron chi connectivity index (χ4n) is 2.48. The Hall–Kier alpha value is -3.78. The van der Waals surface area contributed by atoms with Gasteiger partial charge in [-0.1, -0.05) is 64.5 Å². The predicted octanol–water partition coefficient (Wildman–Crippen LogP) is 3.79. The Balaban J connectivity index is 1.64. The van der Waals surface area contributed by atoms with Crippen LogP contribution < -0.4 is 16.1 Å². The van der Waals surface area contributed by atoms with E-state index in [9.17, 15) is 14.4 Å². The Morgan fingerprint density at radius 3 is 2.20 bits per heavy atom. The molecule has 30 heavy (non-hydrogen) atoms. The van der Waals surface area contributed by atoms with Gasteiger partial charge in [0, 0.05) is 15.7 Å². The van der Waals surface area contributed by atoms with Gasteiger partial charge in [0.05, 0.1) is 17.5 Å². The number of carbonyl (C=O) groups is 3. The summed E-state index contributed by atoms with van der Waals surface area (Å²) in [5.74, 6) is -2.32. The molecule has 0 spiro atoms. The van der Waals surface area contributed by atoms with Gasteiger partial charge in [0.25, 0.3) is 5.91 Å². The first-order valence-electron chi connectivity index (χ1n) is 8.89. The zero-order valence-corrected chi connectivity index (χ0v) is 17.2. The third-order valence-electron chi connectivity index (χ3n) is 3.93. The second-order valence-electron chi connectivity index (χ2n) is 6.04. The van der Waals surface area contributed by atoms with Crippen molar-refractivity contribution in [3.63, 3.8) is 0 Å². The van der Waals surface area contributed by atoms with Gasteiger partial charge in [-0.25, -0.2) is 5.43 Å². The molecule has 7 nitrogen and oxygen atoms in total. The van der Waals surface area contributed by atoms with E-state index < -0.39 is 17.7 Å². The highest BCUT2D eigenvalue weighted by Gasteiger charge is 2.17. The van der Waals surface area contributed by atoms with E-state index >= 15 is 0 Å². The summed E-state index contributed by atoms with van der Waals surface area (Å²) in [5.41, 5.74) is 3.95. The van der Waals surface area contributed by atoms with Gasteiger partial charge in [0.1, 0.15) is 0 Å². The lowest BCUT2D eigenvalue weighted by Crippen LogP contribution is -2.33. The SMILES string of the molecule is O=C(N/N=C/c1ccccc1Br)C(=O)Nc1ccccc1C(=O)Nc1ccccc1. The number of anilines is 2. The van der Waals surface area contributed by atoms with Gasteiger partial charge in [0.2, 0.25) is 0 Å². The first kappa shape index (κ1) is 20.9. The number of para-hydroxylation sites is 2. The van der Waals surface area contributed by atoms with Crippen LogP contribution in [0.2, 0.25) is 0 Å². The molecule has 8 heteroatoms. The molecule has 150 valence electrons. The van der Waals surface area contributed by atoms with Crippen LogP contribution in [0.15, 0.2) is 88.4 Å². The van der Waals surface area contributed by atoms with Crippen LogP contribution in [0.1, 0.15) is 15.9 Å². The average molecular weight is 465 g/mol. The molecule has 0 saturated heterocycles. The summed E-state index contributed by atoms with van der Waals surface area (Å²) in [6, 6.07) is 22.6. The Kier molecular flexibility index (Phi) is 7.07. The number of carbonyl (C=O) groups excluding carboxylic acids is 3. The standard InChI is InChI=1S/C22H17BrN4O3/c23-18-12-6-4-8-15(18)14-24-27-22(30)21(29)26-19-13-7-5-11-17(19)20(28)25-16-9-2-1-3-10-16/h1-14H,(H,25,28)(H,26,29)(H,27,30)/b24-14+. The van der Waals surface area contributed by atoms with E-state index in [1.54, 1.807) is 48.5 Å². The Morgan fingerprint density at radius 1 is 0.767 bits per heavy atom. The van der Waals surface area contributed by atoms with Gasteiger partial charge in [-0.05, 0) is 30.3 Å². The van der Waals surface area contributed by atoms with Crippen molar-refractivity contribution in [3.05, 3.63) is 94.5 Å². The first-order chi connectivity index (χ1) is 14.5. The summed E-state index contributed by atoms with van der Waals surface area (Å²) < 4.78 is 0.797. The number of rotatable bonds is 5. The summed E-state index contributed by atoms with van der Waals surface area (Å²) in [7, 11) is 0. The molecular weight excluding hydrogens is 448 g/mol. The number of benzene rings is 3. The fourth-order valence-corrected chi connectivity index (χ4v) is 2.87. The van der Waals surface area contributed by atoms with Crippen LogP contribution in [-0.4, -0.2) is 23.9 Å². The molecular formula is C22H17BrN4O3. The molecule has 0 bridgehead atoms. The van der Waals surface area contributed by atoms with Crippen molar-refractivity contribution in [3.8, 4) is 0 Å². The third-order valence-corrected chi connectivity index (χ3v) is 4.65. The quantitative estimate of drug-likeness (QED) is 0.304. The van der Waals surface area contributed by atoms with E-state index in [0.29, 0.717) is 5.69 Å².